The fourth-order valence-electron chi connectivity index (χ4n) is 1.24. The van der Waals surface area contributed by atoms with Gasteiger partial charge in [0.15, 0.2) is 0 Å². The second-order valence-corrected chi connectivity index (χ2v) is 4.32. The molecule has 0 saturated carbocycles. The van der Waals surface area contributed by atoms with Crippen LogP contribution in [-0.4, -0.2) is 25.9 Å². The molecule has 0 aliphatic rings. The van der Waals surface area contributed by atoms with Gasteiger partial charge >= 0.3 is 5.97 Å². The Bertz CT molecular complexity index is 339. The topological polar surface area (TPSA) is 35.5 Å². The first-order chi connectivity index (χ1) is 7.77. The predicted molar refractivity (Wildman–Crippen MR) is 65.0 cm³/mol. The van der Waals surface area contributed by atoms with E-state index in [0.29, 0.717) is 6.42 Å². The Morgan fingerprint density at radius 3 is 2.75 bits per heavy atom. The minimum absolute atomic E-state index is 0.152. The van der Waals surface area contributed by atoms with E-state index in [-0.39, 0.29) is 5.97 Å². The van der Waals surface area contributed by atoms with E-state index in [1.807, 2.05) is 24.3 Å². The second kappa shape index (κ2) is 7.17. The van der Waals surface area contributed by atoms with Crippen LogP contribution in [0, 0.1) is 0 Å². The Morgan fingerprint density at radius 1 is 1.31 bits per heavy atom. The van der Waals surface area contributed by atoms with E-state index in [4.69, 9.17) is 4.74 Å². The molecule has 0 N–H and O–H groups in total. The molecule has 1 aromatic carbocycles. The van der Waals surface area contributed by atoms with Gasteiger partial charge in [0.1, 0.15) is 5.75 Å². The van der Waals surface area contributed by atoms with Gasteiger partial charge in [-0.3, -0.25) is 4.79 Å². The van der Waals surface area contributed by atoms with Crippen LogP contribution in [0.5, 0.6) is 5.75 Å². The van der Waals surface area contributed by atoms with E-state index < -0.39 is 0 Å². The highest BCUT2D eigenvalue weighted by atomic mass is 32.2. The van der Waals surface area contributed by atoms with Crippen LogP contribution in [-0.2, 0) is 9.53 Å². The second-order valence-electron chi connectivity index (χ2n) is 3.18. The average Bonchev–Trinajstić information content (AvgIpc) is 2.34. The van der Waals surface area contributed by atoms with Crippen LogP contribution in [0.1, 0.15) is 12.8 Å². The van der Waals surface area contributed by atoms with E-state index >= 15 is 0 Å². The summed E-state index contributed by atoms with van der Waals surface area (Å²) in [6.45, 7) is 0. The third-order valence-electron chi connectivity index (χ3n) is 2.08. The summed E-state index contributed by atoms with van der Waals surface area (Å²) < 4.78 is 9.81. The van der Waals surface area contributed by atoms with Crippen LogP contribution in [0.4, 0.5) is 0 Å². The number of esters is 1. The number of methoxy groups -OCH3 is 2. The van der Waals surface area contributed by atoms with Crippen molar-refractivity contribution in [2.24, 2.45) is 0 Å². The monoisotopic (exact) mass is 240 g/mol. The van der Waals surface area contributed by atoms with Gasteiger partial charge < -0.3 is 9.47 Å². The number of rotatable bonds is 6. The minimum Gasteiger partial charge on any atom is -0.496 e. The standard InChI is InChI=1S/C12H16O3S/c1-14-10-6-3-4-7-11(10)16-9-5-8-12(13)15-2/h3-4,6-7H,5,8-9H2,1-2H3. The van der Waals surface area contributed by atoms with Crippen molar-refractivity contribution in [3.63, 3.8) is 0 Å². The molecule has 0 saturated heterocycles. The predicted octanol–water partition coefficient (Wildman–Crippen LogP) is 2.74. The summed E-state index contributed by atoms with van der Waals surface area (Å²) in [7, 11) is 3.07. The number of hydrogen-bond acceptors (Lipinski definition) is 4. The van der Waals surface area contributed by atoms with Gasteiger partial charge in [0.25, 0.3) is 0 Å². The highest BCUT2D eigenvalue weighted by Crippen LogP contribution is 2.29. The van der Waals surface area contributed by atoms with Gasteiger partial charge in [-0.05, 0) is 24.3 Å². The molecule has 0 unspecified atom stereocenters. The van der Waals surface area contributed by atoms with Crippen molar-refractivity contribution in [1.82, 2.24) is 0 Å². The summed E-state index contributed by atoms with van der Waals surface area (Å²) in [6, 6.07) is 7.87. The number of para-hydroxylation sites is 1. The zero-order valence-electron chi connectivity index (χ0n) is 9.56. The SMILES string of the molecule is COC(=O)CCCSc1ccccc1OC. The molecule has 0 fully saturated rings. The van der Waals surface area contributed by atoms with E-state index in [1.54, 1.807) is 18.9 Å². The van der Waals surface area contributed by atoms with Crippen LogP contribution >= 0.6 is 11.8 Å². The van der Waals surface area contributed by atoms with Crippen LogP contribution in [0.25, 0.3) is 0 Å². The maximum Gasteiger partial charge on any atom is 0.305 e. The largest absolute Gasteiger partial charge is 0.496 e. The summed E-state index contributed by atoms with van der Waals surface area (Å²) >= 11 is 1.69. The molecule has 1 rings (SSSR count). The molecule has 4 heteroatoms. The lowest BCUT2D eigenvalue weighted by atomic mass is 10.3. The number of ether oxygens (including phenoxy) is 2. The van der Waals surface area contributed by atoms with E-state index in [9.17, 15) is 4.79 Å². The number of carbonyl (C=O) groups is 1. The molecular weight excluding hydrogens is 224 g/mol. The first-order valence-electron chi connectivity index (χ1n) is 5.10. The Labute approximate surface area is 100 Å². The van der Waals surface area contributed by atoms with Gasteiger partial charge in [-0.25, -0.2) is 0 Å². The number of hydrogen-bond donors (Lipinski definition) is 0. The molecule has 16 heavy (non-hydrogen) atoms. The molecule has 3 nitrogen and oxygen atoms in total. The molecule has 1 aromatic rings. The van der Waals surface area contributed by atoms with Crippen LogP contribution in [0.2, 0.25) is 0 Å². The third-order valence-corrected chi connectivity index (χ3v) is 3.22. The lowest BCUT2D eigenvalue weighted by Gasteiger charge is -2.06. The fourth-order valence-corrected chi connectivity index (χ4v) is 2.22. The van der Waals surface area contributed by atoms with Gasteiger partial charge in [-0.2, -0.15) is 0 Å². The molecule has 0 heterocycles. The highest BCUT2D eigenvalue weighted by molar-refractivity contribution is 7.99. The summed E-state index contributed by atoms with van der Waals surface area (Å²) in [5.41, 5.74) is 0. The Balaban J connectivity index is 2.34. The summed E-state index contributed by atoms with van der Waals surface area (Å²) in [6.07, 6.45) is 1.29. The molecule has 0 spiro atoms. The molecule has 0 aromatic heterocycles. The maximum atomic E-state index is 10.9. The molecule has 0 aliphatic heterocycles. The van der Waals surface area contributed by atoms with Crippen molar-refractivity contribution in [1.29, 1.82) is 0 Å². The average molecular weight is 240 g/mol. The Kier molecular flexibility index (Phi) is 5.78. The Morgan fingerprint density at radius 2 is 2.06 bits per heavy atom. The van der Waals surface area contributed by atoms with Gasteiger partial charge in [0.2, 0.25) is 0 Å². The zero-order valence-corrected chi connectivity index (χ0v) is 10.4. The van der Waals surface area contributed by atoms with Crippen LogP contribution in [0.15, 0.2) is 29.2 Å². The lowest BCUT2D eigenvalue weighted by Crippen LogP contribution is -2.00. The molecule has 0 aliphatic carbocycles. The Hall–Kier alpha value is -1.16. The van der Waals surface area contributed by atoms with E-state index in [2.05, 4.69) is 4.74 Å². The van der Waals surface area contributed by atoms with Gasteiger partial charge in [-0.1, -0.05) is 12.1 Å². The third kappa shape index (κ3) is 4.14. The number of carbonyl (C=O) groups excluding carboxylic acids is 1. The van der Waals surface area contributed by atoms with E-state index in [0.717, 1.165) is 22.8 Å². The quantitative estimate of drug-likeness (QED) is 0.435. The molecule has 0 amide bonds. The minimum atomic E-state index is -0.152. The van der Waals surface area contributed by atoms with Crippen LogP contribution in [0.3, 0.4) is 0 Å². The van der Waals surface area contributed by atoms with Gasteiger partial charge in [0.05, 0.1) is 14.2 Å². The van der Waals surface area contributed by atoms with Gasteiger partial charge in [-0.15, -0.1) is 11.8 Å². The summed E-state index contributed by atoms with van der Waals surface area (Å²) in [4.78, 5) is 12.0. The smallest absolute Gasteiger partial charge is 0.305 e. The van der Waals surface area contributed by atoms with Crippen molar-refractivity contribution in [2.75, 3.05) is 20.0 Å². The normalized spacial score (nSPS) is 9.88. The van der Waals surface area contributed by atoms with Crippen molar-refractivity contribution in [2.45, 2.75) is 17.7 Å². The molecule has 0 atom stereocenters. The lowest BCUT2D eigenvalue weighted by molar-refractivity contribution is -0.140. The molecule has 0 radical (unpaired) electrons. The highest BCUT2D eigenvalue weighted by Gasteiger charge is 2.03. The van der Waals surface area contributed by atoms with Crippen molar-refractivity contribution in [3.05, 3.63) is 24.3 Å². The summed E-state index contributed by atoms with van der Waals surface area (Å²) in [5, 5.41) is 0. The van der Waals surface area contributed by atoms with E-state index in [1.165, 1.54) is 7.11 Å². The first kappa shape index (κ1) is 12.9. The zero-order chi connectivity index (χ0) is 11.8. The fraction of sp³-hybridized carbons (Fsp3) is 0.417. The summed E-state index contributed by atoms with van der Waals surface area (Å²) in [5.74, 6) is 1.61. The van der Waals surface area contributed by atoms with Crippen molar-refractivity contribution >= 4 is 17.7 Å². The molecular formula is C12H16O3S. The van der Waals surface area contributed by atoms with Crippen molar-refractivity contribution < 1.29 is 14.3 Å². The van der Waals surface area contributed by atoms with Gasteiger partial charge in [0, 0.05) is 11.3 Å². The number of thioether (sulfide) groups is 1. The molecule has 0 bridgehead atoms. The number of benzene rings is 1. The van der Waals surface area contributed by atoms with Crippen molar-refractivity contribution in [3.8, 4) is 5.75 Å². The van der Waals surface area contributed by atoms with Crippen LogP contribution < -0.4 is 4.74 Å². The maximum absolute atomic E-state index is 10.9. The molecule has 88 valence electrons. The first-order valence-corrected chi connectivity index (χ1v) is 6.09.